The maximum Gasteiger partial charge on any atom is 0.339 e. The summed E-state index contributed by atoms with van der Waals surface area (Å²) in [7, 11) is 1.57. The van der Waals surface area contributed by atoms with Crippen LogP contribution >= 0.6 is 11.6 Å². The van der Waals surface area contributed by atoms with Crippen LogP contribution in [-0.4, -0.2) is 25.5 Å². The molecular weight excluding hydrogens is 342 g/mol. The minimum atomic E-state index is -0.453. The normalized spacial score (nSPS) is 10.8. The zero-order valence-corrected chi connectivity index (χ0v) is 15.0. The zero-order chi connectivity index (χ0) is 18.2. The highest BCUT2D eigenvalue weighted by molar-refractivity contribution is 6.30. The first-order valence-electron chi connectivity index (χ1n) is 7.68. The molecule has 2 N–H and O–H groups in total. The van der Waals surface area contributed by atoms with E-state index in [1.54, 1.807) is 43.5 Å². The number of ether oxygens (including phenoxy) is 2. The monoisotopic (exact) mass is 361 g/mol. The molecule has 132 valence electrons. The van der Waals surface area contributed by atoms with Crippen molar-refractivity contribution in [3.63, 3.8) is 0 Å². The minimum absolute atomic E-state index is 0.0478. The standard InChI is InChI=1S/C18H20ClN3O3/c1-12(2)25-16-9-4-13(10-17(16)24-3)11-20-22-18(23)21-15-7-5-14(19)6-8-15/h4-12H,1-3H3,(H2,21,22,23)/b20-11-. The summed E-state index contributed by atoms with van der Waals surface area (Å²) in [5, 5.41) is 7.15. The Kier molecular flexibility index (Phi) is 6.65. The van der Waals surface area contributed by atoms with Crippen molar-refractivity contribution in [3.8, 4) is 11.5 Å². The zero-order valence-electron chi connectivity index (χ0n) is 14.2. The first-order valence-corrected chi connectivity index (χ1v) is 8.06. The molecule has 2 aromatic carbocycles. The number of amides is 2. The van der Waals surface area contributed by atoms with E-state index in [0.717, 1.165) is 5.56 Å². The summed E-state index contributed by atoms with van der Waals surface area (Å²) < 4.78 is 11.0. The topological polar surface area (TPSA) is 72.0 Å². The van der Waals surface area contributed by atoms with Gasteiger partial charge >= 0.3 is 6.03 Å². The van der Waals surface area contributed by atoms with E-state index in [0.29, 0.717) is 22.2 Å². The van der Waals surface area contributed by atoms with Gasteiger partial charge in [0, 0.05) is 10.7 Å². The molecule has 0 saturated carbocycles. The van der Waals surface area contributed by atoms with Gasteiger partial charge in [0.2, 0.25) is 0 Å². The van der Waals surface area contributed by atoms with Crippen LogP contribution in [0.15, 0.2) is 47.6 Å². The summed E-state index contributed by atoms with van der Waals surface area (Å²) in [6, 6.07) is 11.7. The highest BCUT2D eigenvalue weighted by Gasteiger charge is 2.07. The van der Waals surface area contributed by atoms with Gasteiger partial charge in [-0.05, 0) is 61.9 Å². The molecule has 0 aliphatic heterocycles. The molecule has 0 radical (unpaired) electrons. The quantitative estimate of drug-likeness (QED) is 0.595. The molecule has 0 aliphatic carbocycles. The van der Waals surface area contributed by atoms with Gasteiger partial charge in [-0.15, -0.1) is 0 Å². The minimum Gasteiger partial charge on any atom is -0.493 e. The molecule has 0 bridgehead atoms. The van der Waals surface area contributed by atoms with Crippen molar-refractivity contribution in [2.75, 3.05) is 12.4 Å². The average molecular weight is 362 g/mol. The summed E-state index contributed by atoms with van der Waals surface area (Å²) in [4.78, 5) is 11.8. The van der Waals surface area contributed by atoms with Crippen molar-refractivity contribution in [3.05, 3.63) is 53.1 Å². The molecule has 0 heterocycles. The van der Waals surface area contributed by atoms with Gasteiger partial charge in [0.25, 0.3) is 0 Å². The molecule has 0 saturated heterocycles. The third-order valence-corrected chi connectivity index (χ3v) is 3.28. The van der Waals surface area contributed by atoms with Crippen molar-refractivity contribution < 1.29 is 14.3 Å². The summed E-state index contributed by atoms with van der Waals surface area (Å²) in [6.45, 7) is 3.88. The van der Waals surface area contributed by atoms with Crippen LogP contribution in [0.3, 0.4) is 0 Å². The lowest BCUT2D eigenvalue weighted by Crippen LogP contribution is -2.24. The summed E-state index contributed by atoms with van der Waals surface area (Å²) in [5.41, 5.74) is 3.78. The van der Waals surface area contributed by atoms with Crippen LogP contribution < -0.4 is 20.2 Å². The molecule has 6 nitrogen and oxygen atoms in total. The molecule has 0 unspecified atom stereocenters. The van der Waals surface area contributed by atoms with Gasteiger partial charge in [-0.25, -0.2) is 10.2 Å². The number of hydrogen-bond donors (Lipinski definition) is 2. The Labute approximate surface area is 151 Å². The Morgan fingerprint density at radius 2 is 1.88 bits per heavy atom. The maximum atomic E-state index is 11.8. The van der Waals surface area contributed by atoms with Crippen LogP contribution in [-0.2, 0) is 0 Å². The van der Waals surface area contributed by atoms with Crippen molar-refractivity contribution >= 4 is 29.5 Å². The molecule has 0 atom stereocenters. The number of urea groups is 1. The second-order valence-electron chi connectivity index (χ2n) is 5.41. The number of hydrazone groups is 1. The van der Waals surface area contributed by atoms with Crippen LogP contribution in [0.1, 0.15) is 19.4 Å². The van der Waals surface area contributed by atoms with Crippen LogP contribution in [0.5, 0.6) is 11.5 Å². The van der Waals surface area contributed by atoms with Crippen molar-refractivity contribution in [2.24, 2.45) is 5.10 Å². The molecule has 0 aliphatic rings. The predicted octanol–water partition coefficient (Wildman–Crippen LogP) is 4.29. The summed E-state index contributed by atoms with van der Waals surface area (Å²) in [5.74, 6) is 1.26. The molecule has 0 spiro atoms. The van der Waals surface area contributed by atoms with Gasteiger partial charge in [0.1, 0.15) is 0 Å². The number of benzene rings is 2. The number of halogens is 1. The largest absolute Gasteiger partial charge is 0.493 e. The SMILES string of the molecule is COc1cc(/C=N\NC(=O)Nc2ccc(Cl)cc2)ccc1OC(C)C. The number of rotatable bonds is 6. The lowest BCUT2D eigenvalue weighted by atomic mass is 10.2. The third-order valence-electron chi connectivity index (χ3n) is 3.03. The highest BCUT2D eigenvalue weighted by Crippen LogP contribution is 2.28. The maximum absolute atomic E-state index is 11.8. The van der Waals surface area contributed by atoms with E-state index in [1.165, 1.54) is 6.21 Å². The molecule has 25 heavy (non-hydrogen) atoms. The van der Waals surface area contributed by atoms with E-state index in [-0.39, 0.29) is 6.10 Å². The molecule has 7 heteroatoms. The molecular formula is C18H20ClN3O3. The third kappa shape index (κ3) is 6.00. The van der Waals surface area contributed by atoms with E-state index in [4.69, 9.17) is 21.1 Å². The molecule has 0 fully saturated rings. The summed E-state index contributed by atoms with van der Waals surface area (Å²) >= 11 is 5.79. The molecule has 2 amide bonds. The Morgan fingerprint density at radius 3 is 2.52 bits per heavy atom. The van der Waals surface area contributed by atoms with E-state index in [9.17, 15) is 4.79 Å². The van der Waals surface area contributed by atoms with Gasteiger partial charge < -0.3 is 14.8 Å². The number of anilines is 1. The highest BCUT2D eigenvalue weighted by atomic mass is 35.5. The molecule has 2 aromatic rings. The Balaban J connectivity index is 1.94. The van der Waals surface area contributed by atoms with Crippen molar-refractivity contribution in [1.29, 1.82) is 0 Å². The molecule has 0 aromatic heterocycles. The van der Waals surface area contributed by atoms with Crippen molar-refractivity contribution in [1.82, 2.24) is 5.43 Å². The second-order valence-corrected chi connectivity index (χ2v) is 5.84. The fourth-order valence-electron chi connectivity index (χ4n) is 1.97. The fourth-order valence-corrected chi connectivity index (χ4v) is 2.10. The predicted molar refractivity (Wildman–Crippen MR) is 100.0 cm³/mol. The lowest BCUT2D eigenvalue weighted by Gasteiger charge is -2.13. The van der Waals surface area contributed by atoms with E-state index < -0.39 is 6.03 Å². The Morgan fingerprint density at radius 1 is 1.16 bits per heavy atom. The second kappa shape index (κ2) is 8.94. The van der Waals surface area contributed by atoms with Crippen LogP contribution in [0, 0.1) is 0 Å². The number of carbonyl (C=O) groups excluding carboxylic acids is 1. The van der Waals surface area contributed by atoms with Crippen LogP contribution in [0.25, 0.3) is 0 Å². The van der Waals surface area contributed by atoms with E-state index >= 15 is 0 Å². The summed E-state index contributed by atoms with van der Waals surface area (Å²) in [6.07, 6.45) is 1.56. The van der Waals surface area contributed by atoms with Gasteiger partial charge in [-0.3, -0.25) is 0 Å². The number of carbonyl (C=O) groups is 1. The first kappa shape index (κ1) is 18.6. The molecule has 2 rings (SSSR count). The lowest BCUT2D eigenvalue weighted by molar-refractivity contribution is 0.230. The number of nitrogens with one attached hydrogen (secondary N) is 2. The van der Waals surface area contributed by atoms with E-state index in [1.807, 2.05) is 19.9 Å². The van der Waals surface area contributed by atoms with Gasteiger partial charge in [-0.1, -0.05) is 11.6 Å². The van der Waals surface area contributed by atoms with Crippen LogP contribution in [0.2, 0.25) is 5.02 Å². The Hall–Kier alpha value is -2.73. The fraction of sp³-hybridized carbons (Fsp3) is 0.222. The van der Waals surface area contributed by atoms with Crippen molar-refractivity contribution in [2.45, 2.75) is 20.0 Å². The Bertz CT molecular complexity index is 746. The first-order chi connectivity index (χ1) is 12.0. The van der Waals surface area contributed by atoms with Gasteiger partial charge in [-0.2, -0.15) is 5.10 Å². The van der Waals surface area contributed by atoms with Crippen LogP contribution in [0.4, 0.5) is 10.5 Å². The smallest absolute Gasteiger partial charge is 0.339 e. The van der Waals surface area contributed by atoms with Gasteiger partial charge in [0.05, 0.1) is 19.4 Å². The van der Waals surface area contributed by atoms with E-state index in [2.05, 4.69) is 15.8 Å². The number of hydrogen-bond acceptors (Lipinski definition) is 4. The average Bonchev–Trinajstić information content (AvgIpc) is 2.57. The van der Waals surface area contributed by atoms with Gasteiger partial charge in [0.15, 0.2) is 11.5 Å². The number of nitrogens with zero attached hydrogens (tertiary/aromatic N) is 1. The number of methoxy groups -OCH3 is 1.